The Hall–Kier alpha value is -0.0400. The second-order valence-electron chi connectivity index (χ2n) is 7.03. The molecular weight excluding hydrogens is 254 g/mol. The van der Waals surface area contributed by atoms with Crippen molar-refractivity contribution >= 4 is 0 Å². The zero-order valence-corrected chi connectivity index (χ0v) is 15.9. The normalized spacial score (nSPS) is 13.6. The maximum atomic E-state index is 2.38. The van der Waals surface area contributed by atoms with Crippen molar-refractivity contribution < 1.29 is 4.48 Å². The fourth-order valence-electron chi connectivity index (χ4n) is 3.77. The van der Waals surface area contributed by atoms with E-state index in [1.54, 1.807) is 0 Å². The number of hydrogen-bond acceptors (Lipinski definition) is 0. The Kier molecular flexibility index (Phi) is 13.6. The van der Waals surface area contributed by atoms with Crippen molar-refractivity contribution in [2.45, 2.75) is 111 Å². The van der Waals surface area contributed by atoms with Crippen LogP contribution in [0.15, 0.2) is 0 Å². The lowest BCUT2D eigenvalue weighted by atomic mass is 9.97. The summed E-state index contributed by atoms with van der Waals surface area (Å²) in [6.07, 6.45) is 15.3. The van der Waals surface area contributed by atoms with Gasteiger partial charge in [0.15, 0.2) is 0 Å². The van der Waals surface area contributed by atoms with Crippen molar-refractivity contribution in [3.8, 4) is 0 Å². The van der Waals surface area contributed by atoms with Gasteiger partial charge in [0, 0.05) is 0 Å². The fourth-order valence-corrected chi connectivity index (χ4v) is 3.77. The van der Waals surface area contributed by atoms with E-state index in [0.717, 1.165) is 6.04 Å². The average Bonchev–Trinajstić information content (AvgIpc) is 2.51. The summed E-state index contributed by atoms with van der Waals surface area (Å²) in [5.74, 6) is 0. The zero-order valence-electron chi connectivity index (χ0n) is 15.9. The van der Waals surface area contributed by atoms with Gasteiger partial charge in [0.2, 0.25) is 0 Å². The molecule has 0 N–H and O–H groups in total. The smallest absolute Gasteiger partial charge is 0.0890 e. The Morgan fingerprint density at radius 3 is 1.29 bits per heavy atom. The first-order chi connectivity index (χ1) is 10.2. The second-order valence-corrected chi connectivity index (χ2v) is 7.03. The van der Waals surface area contributed by atoms with E-state index in [9.17, 15) is 0 Å². The summed E-state index contributed by atoms with van der Waals surface area (Å²) in [4.78, 5) is 0. The highest BCUT2D eigenvalue weighted by atomic mass is 15.4. The van der Waals surface area contributed by atoms with E-state index in [1.807, 2.05) is 0 Å². The molecule has 0 aromatic heterocycles. The molecule has 0 aliphatic rings. The first-order valence-corrected chi connectivity index (χ1v) is 10.1. The maximum Gasteiger partial charge on any atom is 0.0890 e. The Balaban J connectivity index is 5.08. The van der Waals surface area contributed by atoms with Gasteiger partial charge in [-0.05, 0) is 38.5 Å². The summed E-state index contributed by atoms with van der Waals surface area (Å²) in [6, 6.07) is 0.930. The molecule has 0 saturated heterocycles. The Morgan fingerprint density at radius 1 is 0.524 bits per heavy atom. The molecule has 0 aliphatic carbocycles. The highest BCUT2D eigenvalue weighted by molar-refractivity contribution is 4.63. The molecule has 1 atom stereocenters. The molecule has 1 heteroatoms. The molecule has 1 unspecified atom stereocenters. The van der Waals surface area contributed by atoms with Gasteiger partial charge in [-0.25, -0.2) is 0 Å². The summed E-state index contributed by atoms with van der Waals surface area (Å²) in [6.45, 7) is 16.1. The highest BCUT2D eigenvalue weighted by Crippen LogP contribution is 2.26. The summed E-state index contributed by atoms with van der Waals surface area (Å²) in [7, 11) is 0. The van der Waals surface area contributed by atoms with Crippen LogP contribution in [0.2, 0.25) is 0 Å². The van der Waals surface area contributed by atoms with Crippen LogP contribution in [-0.4, -0.2) is 30.2 Å². The minimum atomic E-state index is 0.930. The summed E-state index contributed by atoms with van der Waals surface area (Å²) in [5.41, 5.74) is 0. The van der Waals surface area contributed by atoms with Crippen LogP contribution >= 0.6 is 0 Å². The van der Waals surface area contributed by atoms with Gasteiger partial charge in [-0.2, -0.15) is 0 Å². The van der Waals surface area contributed by atoms with Crippen LogP contribution in [-0.2, 0) is 0 Å². The van der Waals surface area contributed by atoms with Gasteiger partial charge in [0.25, 0.3) is 0 Å². The first kappa shape index (κ1) is 21.0. The predicted octanol–water partition coefficient (Wildman–Crippen LogP) is 6.56. The average molecular weight is 299 g/mol. The van der Waals surface area contributed by atoms with Crippen LogP contribution in [0.4, 0.5) is 0 Å². The van der Waals surface area contributed by atoms with Crippen LogP contribution in [0.5, 0.6) is 0 Å². The Morgan fingerprint density at radius 2 is 0.952 bits per heavy atom. The number of hydrogen-bond donors (Lipinski definition) is 0. The zero-order chi connectivity index (χ0) is 16.0. The molecule has 0 aromatic rings. The molecule has 128 valence electrons. The minimum absolute atomic E-state index is 0.930. The van der Waals surface area contributed by atoms with E-state index in [-0.39, 0.29) is 0 Å². The van der Waals surface area contributed by atoms with Crippen molar-refractivity contribution in [3.05, 3.63) is 0 Å². The van der Waals surface area contributed by atoms with E-state index < -0.39 is 0 Å². The lowest BCUT2D eigenvalue weighted by Gasteiger charge is -2.46. The molecule has 0 amide bonds. The van der Waals surface area contributed by atoms with Gasteiger partial charge in [0.1, 0.15) is 0 Å². The molecule has 0 heterocycles. The summed E-state index contributed by atoms with van der Waals surface area (Å²) in [5, 5.41) is 0. The molecule has 0 saturated carbocycles. The Labute approximate surface area is 136 Å². The van der Waals surface area contributed by atoms with Crippen molar-refractivity contribution in [2.75, 3.05) is 19.6 Å². The lowest BCUT2D eigenvalue weighted by Crippen LogP contribution is -2.57. The van der Waals surface area contributed by atoms with Crippen LogP contribution < -0.4 is 0 Å². The van der Waals surface area contributed by atoms with Gasteiger partial charge in [-0.1, -0.05) is 66.7 Å². The van der Waals surface area contributed by atoms with Crippen molar-refractivity contribution in [1.82, 2.24) is 0 Å². The van der Waals surface area contributed by atoms with Crippen molar-refractivity contribution in [1.29, 1.82) is 0 Å². The van der Waals surface area contributed by atoms with Gasteiger partial charge < -0.3 is 4.48 Å². The van der Waals surface area contributed by atoms with Gasteiger partial charge in [-0.15, -0.1) is 0 Å². The molecule has 0 radical (unpaired) electrons. The molecular formula is C20H44N+. The van der Waals surface area contributed by atoms with E-state index >= 15 is 0 Å². The van der Waals surface area contributed by atoms with Crippen LogP contribution in [0.25, 0.3) is 0 Å². The van der Waals surface area contributed by atoms with Gasteiger partial charge in [-0.3, -0.25) is 0 Å². The van der Waals surface area contributed by atoms with Gasteiger partial charge in [0.05, 0.1) is 25.7 Å². The minimum Gasteiger partial charge on any atom is -0.321 e. The van der Waals surface area contributed by atoms with Crippen LogP contribution in [0.1, 0.15) is 105 Å². The third kappa shape index (κ3) is 8.24. The third-order valence-electron chi connectivity index (χ3n) is 5.16. The van der Waals surface area contributed by atoms with Gasteiger partial charge >= 0.3 is 0 Å². The predicted molar refractivity (Wildman–Crippen MR) is 97.8 cm³/mol. The van der Waals surface area contributed by atoms with E-state index in [1.165, 1.54) is 94.7 Å². The summed E-state index contributed by atoms with van der Waals surface area (Å²) >= 11 is 0. The summed E-state index contributed by atoms with van der Waals surface area (Å²) < 4.78 is 1.45. The third-order valence-corrected chi connectivity index (χ3v) is 5.16. The number of unbranched alkanes of at least 4 members (excludes halogenated alkanes) is 4. The molecule has 21 heavy (non-hydrogen) atoms. The second kappa shape index (κ2) is 13.6. The van der Waals surface area contributed by atoms with E-state index in [4.69, 9.17) is 0 Å². The molecule has 0 aromatic carbocycles. The Bertz CT molecular complexity index is 190. The lowest BCUT2D eigenvalue weighted by molar-refractivity contribution is -0.952. The fraction of sp³-hybridized carbons (Fsp3) is 1.00. The van der Waals surface area contributed by atoms with Crippen molar-refractivity contribution in [3.63, 3.8) is 0 Å². The molecule has 0 spiro atoms. The molecule has 0 fully saturated rings. The highest BCUT2D eigenvalue weighted by Gasteiger charge is 2.34. The molecule has 1 nitrogen and oxygen atoms in total. The quantitative estimate of drug-likeness (QED) is 0.300. The number of rotatable bonds is 15. The van der Waals surface area contributed by atoms with Crippen LogP contribution in [0.3, 0.4) is 0 Å². The molecule has 0 aliphatic heterocycles. The maximum absolute atomic E-state index is 2.38. The molecule has 0 bridgehead atoms. The first-order valence-electron chi connectivity index (χ1n) is 10.1. The SMILES string of the molecule is CCCCC(CCC)[N+](CCCC)(CCCC)CCCC. The number of quaternary nitrogens is 1. The van der Waals surface area contributed by atoms with Crippen LogP contribution in [0, 0.1) is 0 Å². The largest absolute Gasteiger partial charge is 0.321 e. The topological polar surface area (TPSA) is 0 Å². The van der Waals surface area contributed by atoms with E-state index in [2.05, 4.69) is 34.6 Å². The standard InChI is InChI=1S/C20H44N/c1-6-11-16-20(15-10-5)21(17-12-7-2,18-13-8-3)19-14-9-4/h20H,6-19H2,1-5H3/q+1. The number of nitrogens with zero attached hydrogens (tertiary/aromatic N) is 1. The van der Waals surface area contributed by atoms with Crippen molar-refractivity contribution in [2.24, 2.45) is 0 Å². The molecule has 0 rings (SSSR count). The van der Waals surface area contributed by atoms with E-state index in [0.29, 0.717) is 0 Å². The monoisotopic (exact) mass is 298 g/mol.